The van der Waals surface area contributed by atoms with Gasteiger partial charge in [-0.15, -0.1) is 0 Å². The highest BCUT2D eigenvalue weighted by atomic mass is 35.5. The van der Waals surface area contributed by atoms with Crippen LogP contribution < -0.4 is 20.9 Å². The number of pyridine rings is 1. The third kappa shape index (κ3) is 6.36. The number of halogens is 2. The Morgan fingerprint density at radius 3 is 2.36 bits per heavy atom. The first-order valence-corrected chi connectivity index (χ1v) is 12.6. The smallest absolute Gasteiger partial charge is 0.335 e. The number of rotatable bonds is 8. The standard InChI is InChI=1S/C27H23Cl2N5O5/c1-3-34-25(35)23(31-27(38)32-24-20(28)13-30-14-21(24)29)12-22(33-34)16-7-5-6-15(8-16)17-9-18(26(36)37)11-19(10-17)39-4-2/h5-14H,3-4H2,1-2H3,(H,36,37)(H2,30,31,32,38). The number of hydrogen-bond donors (Lipinski definition) is 3. The molecule has 0 radical (unpaired) electrons. The number of carbonyl (C=O) groups excluding carboxylic acids is 1. The molecule has 200 valence electrons. The first-order valence-electron chi connectivity index (χ1n) is 11.8. The fourth-order valence-electron chi connectivity index (χ4n) is 3.78. The van der Waals surface area contributed by atoms with Crippen LogP contribution in [0.15, 0.2) is 65.7 Å². The molecule has 2 aromatic carbocycles. The molecular weight excluding hydrogens is 545 g/mol. The van der Waals surface area contributed by atoms with E-state index in [0.717, 1.165) is 0 Å². The largest absolute Gasteiger partial charge is 0.494 e. The van der Waals surface area contributed by atoms with Crippen molar-refractivity contribution in [2.24, 2.45) is 0 Å². The summed E-state index contributed by atoms with van der Waals surface area (Å²) < 4.78 is 6.77. The van der Waals surface area contributed by atoms with Crippen molar-refractivity contribution in [3.8, 4) is 28.1 Å². The van der Waals surface area contributed by atoms with Gasteiger partial charge in [-0.25, -0.2) is 14.3 Å². The number of aryl methyl sites for hydroxylation is 1. The van der Waals surface area contributed by atoms with E-state index in [9.17, 15) is 19.5 Å². The van der Waals surface area contributed by atoms with Crippen LogP contribution in [-0.2, 0) is 6.54 Å². The summed E-state index contributed by atoms with van der Waals surface area (Å²) in [5.74, 6) is -0.642. The minimum absolute atomic E-state index is 0.0161. The molecule has 2 heterocycles. The van der Waals surface area contributed by atoms with E-state index < -0.39 is 17.6 Å². The van der Waals surface area contributed by atoms with Gasteiger partial charge in [0.2, 0.25) is 0 Å². The number of carboxylic acids is 1. The predicted octanol–water partition coefficient (Wildman–Crippen LogP) is 6.04. The molecule has 12 heteroatoms. The summed E-state index contributed by atoms with van der Waals surface area (Å²) >= 11 is 12.1. The normalized spacial score (nSPS) is 10.7. The summed E-state index contributed by atoms with van der Waals surface area (Å²) in [7, 11) is 0. The van der Waals surface area contributed by atoms with Gasteiger partial charge in [-0.2, -0.15) is 5.10 Å². The zero-order chi connectivity index (χ0) is 28.1. The van der Waals surface area contributed by atoms with Gasteiger partial charge in [-0.05, 0) is 55.3 Å². The van der Waals surface area contributed by atoms with Crippen LogP contribution in [0.4, 0.5) is 16.2 Å². The Morgan fingerprint density at radius 2 is 1.69 bits per heavy atom. The van der Waals surface area contributed by atoms with Gasteiger partial charge >= 0.3 is 12.0 Å². The number of nitrogens with zero attached hydrogens (tertiary/aromatic N) is 3. The maximum absolute atomic E-state index is 12.9. The number of carbonyl (C=O) groups is 2. The maximum Gasteiger partial charge on any atom is 0.335 e. The van der Waals surface area contributed by atoms with Crippen LogP contribution in [0.1, 0.15) is 24.2 Å². The van der Waals surface area contributed by atoms with Crippen LogP contribution >= 0.6 is 23.2 Å². The van der Waals surface area contributed by atoms with Crippen molar-refractivity contribution in [1.29, 1.82) is 0 Å². The van der Waals surface area contributed by atoms with Gasteiger partial charge in [0.15, 0.2) is 0 Å². The van der Waals surface area contributed by atoms with E-state index in [1.807, 2.05) is 19.1 Å². The number of anilines is 2. The Labute approximate surface area is 233 Å². The molecule has 4 rings (SSSR count). The Kier molecular flexibility index (Phi) is 8.48. The molecule has 3 N–H and O–H groups in total. The lowest BCUT2D eigenvalue weighted by molar-refractivity contribution is 0.0696. The number of aromatic nitrogens is 3. The summed E-state index contributed by atoms with van der Waals surface area (Å²) in [6, 6.07) is 12.7. The van der Waals surface area contributed by atoms with Crippen molar-refractivity contribution in [3.05, 3.63) is 86.9 Å². The minimum atomic E-state index is -1.08. The molecule has 39 heavy (non-hydrogen) atoms. The van der Waals surface area contributed by atoms with Crippen LogP contribution in [0.5, 0.6) is 5.75 Å². The first kappa shape index (κ1) is 27.6. The van der Waals surface area contributed by atoms with Gasteiger partial charge in [0.1, 0.15) is 11.4 Å². The minimum Gasteiger partial charge on any atom is -0.494 e. The van der Waals surface area contributed by atoms with Crippen LogP contribution in [0.3, 0.4) is 0 Å². The van der Waals surface area contributed by atoms with Crippen molar-refractivity contribution in [1.82, 2.24) is 14.8 Å². The second-order valence-electron chi connectivity index (χ2n) is 8.19. The van der Waals surface area contributed by atoms with E-state index in [1.165, 1.54) is 29.2 Å². The summed E-state index contributed by atoms with van der Waals surface area (Å²) in [6.07, 6.45) is 2.66. The third-order valence-corrected chi connectivity index (χ3v) is 6.14. The molecule has 0 saturated heterocycles. The maximum atomic E-state index is 12.9. The molecule has 0 saturated carbocycles. The zero-order valence-corrected chi connectivity index (χ0v) is 22.4. The fraction of sp³-hybridized carbons (Fsp3) is 0.148. The number of ether oxygens (including phenoxy) is 1. The highest BCUT2D eigenvalue weighted by Crippen LogP contribution is 2.31. The van der Waals surface area contributed by atoms with Crippen LogP contribution in [0, 0.1) is 0 Å². The molecule has 0 atom stereocenters. The Hall–Kier alpha value is -4.41. The average molecular weight is 568 g/mol. The Morgan fingerprint density at radius 1 is 0.974 bits per heavy atom. The van der Waals surface area contributed by atoms with Gasteiger partial charge in [-0.3, -0.25) is 9.78 Å². The number of nitrogens with one attached hydrogen (secondary N) is 2. The lowest BCUT2D eigenvalue weighted by Crippen LogP contribution is -2.29. The molecule has 2 amide bonds. The predicted molar refractivity (Wildman–Crippen MR) is 150 cm³/mol. The molecule has 0 spiro atoms. The lowest BCUT2D eigenvalue weighted by Gasteiger charge is -2.13. The number of amides is 2. The molecule has 2 aromatic heterocycles. The molecule has 0 bridgehead atoms. The number of urea groups is 1. The van der Waals surface area contributed by atoms with Crippen molar-refractivity contribution < 1.29 is 19.4 Å². The van der Waals surface area contributed by atoms with E-state index in [2.05, 4.69) is 20.7 Å². The molecular formula is C27H23Cl2N5O5. The SMILES string of the molecule is CCOc1cc(C(=O)O)cc(-c2cccc(-c3cc(NC(=O)Nc4c(Cl)cncc4Cl)c(=O)n(CC)n3)c2)c1. The van der Waals surface area contributed by atoms with E-state index in [-0.39, 0.29) is 33.5 Å². The fourth-order valence-corrected chi connectivity index (χ4v) is 4.24. The van der Waals surface area contributed by atoms with E-state index in [0.29, 0.717) is 34.7 Å². The molecule has 0 aliphatic rings. The highest BCUT2D eigenvalue weighted by molar-refractivity contribution is 6.39. The van der Waals surface area contributed by atoms with E-state index in [4.69, 9.17) is 27.9 Å². The number of carboxylic acid groups (broad SMARTS) is 1. The Bertz CT molecular complexity index is 1600. The lowest BCUT2D eigenvalue weighted by atomic mass is 9.99. The molecule has 10 nitrogen and oxygen atoms in total. The third-order valence-electron chi connectivity index (χ3n) is 5.57. The summed E-state index contributed by atoms with van der Waals surface area (Å²) in [5, 5.41) is 19.3. The van der Waals surface area contributed by atoms with E-state index in [1.54, 1.807) is 31.2 Å². The topological polar surface area (TPSA) is 135 Å². The average Bonchev–Trinajstić information content (AvgIpc) is 2.92. The van der Waals surface area contributed by atoms with Crippen LogP contribution in [0.25, 0.3) is 22.4 Å². The molecule has 4 aromatic rings. The first-order chi connectivity index (χ1) is 18.7. The quantitative estimate of drug-likeness (QED) is 0.236. The summed E-state index contributed by atoms with van der Waals surface area (Å²) in [6.45, 7) is 4.20. The van der Waals surface area contributed by atoms with Gasteiger partial charge in [0.25, 0.3) is 5.56 Å². The van der Waals surface area contributed by atoms with Gasteiger partial charge in [-0.1, -0.05) is 41.4 Å². The van der Waals surface area contributed by atoms with Gasteiger partial charge < -0.3 is 20.5 Å². The second kappa shape index (κ2) is 12.0. The Balaban J connectivity index is 1.70. The van der Waals surface area contributed by atoms with Crippen molar-refractivity contribution in [2.75, 3.05) is 17.2 Å². The molecule has 0 aliphatic heterocycles. The summed E-state index contributed by atoms with van der Waals surface area (Å²) in [4.78, 5) is 41.1. The van der Waals surface area contributed by atoms with Crippen molar-refractivity contribution >= 4 is 46.6 Å². The van der Waals surface area contributed by atoms with Gasteiger partial charge in [0.05, 0.1) is 33.6 Å². The molecule has 0 unspecified atom stereocenters. The van der Waals surface area contributed by atoms with Gasteiger partial charge in [0, 0.05) is 24.5 Å². The van der Waals surface area contributed by atoms with E-state index >= 15 is 0 Å². The monoisotopic (exact) mass is 567 g/mol. The van der Waals surface area contributed by atoms with Crippen LogP contribution in [-0.4, -0.2) is 38.5 Å². The number of aromatic carboxylic acids is 1. The zero-order valence-electron chi connectivity index (χ0n) is 20.9. The molecule has 0 fully saturated rings. The van der Waals surface area contributed by atoms with Crippen LogP contribution in [0.2, 0.25) is 10.0 Å². The second-order valence-corrected chi connectivity index (χ2v) is 9.00. The molecule has 0 aliphatic carbocycles. The number of hydrogen-bond acceptors (Lipinski definition) is 6. The summed E-state index contributed by atoms with van der Waals surface area (Å²) in [5.41, 5.74) is 2.11. The highest BCUT2D eigenvalue weighted by Gasteiger charge is 2.16. The number of benzene rings is 2. The van der Waals surface area contributed by atoms with Crippen molar-refractivity contribution in [2.45, 2.75) is 20.4 Å². The van der Waals surface area contributed by atoms with Crippen molar-refractivity contribution in [3.63, 3.8) is 0 Å².